The summed E-state index contributed by atoms with van der Waals surface area (Å²) >= 11 is 0. The van der Waals surface area contributed by atoms with Gasteiger partial charge >= 0.3 is 6.18 Å². The Kier molecular flexibility index (Phi) is 5.57. The van der Waals surface area contributed by atoms with Gasteiger partial charge in [0.25, 0.3) is 0 Å². The van der Waals surface area contributed by atoms with Crippen LogP contribution in [0.3, 0.4) is 0 Å². The second kappa shape index (κ2) is 8.71. The van der Waals surface area contributed by atoms with E-state index >= 15 is 0 Å². The van der Waals surface area contributed by atoms with Gasteiger partial charge in [0.05, 0.1) is 35.7 Å². The Labute approximate surface area is 191 Å². The largest absolute Gasteiger partial charge is 0.418 e. The molecule has 9 nitrogen and oxygen atoms in total. The van der Waals surface area contributed by atoms with Crippen LogP contribution in [0.5, 0.6) is 0 Å². The number of para-hydroxylation sites is 1. The van der Waals surface area contributed by atoms with E-state index in [4.69, 9.17) is 10.5 Å². The summed E-state index contributed by atoms with van der Waals surface area (Å²) in [6.07, 6.45) is -0.0887. The first-order chi connectivity index (χ1) is 16.4. The molecule has 3 aromatic heterocycles. The number of aromatic nitrogens is 5. The third-order valence-corrected chi connectivity index (χ3v) is 5.32. The number of fused-ring (bicyclic) bond motifs is 1. The number of nitrogens with zero attached hydrogens (tertiary/aromatic N) is 6. The second-order valence-electron chi connectivity index (χ2n) is 7.55. The van der Waals surface area contributed by atoms with E-state index in [1.54, 1.807) is 30.6 Å². The summed E-state index contributed by atoms with van der Waals surface area (Å²) in [5.74, 6) is 0.982. The van der Waals surface area contributed by atoms with Gasteiger partial charge in [-0.05, 0) is 12.1 Å². The summed E-state index contributed by atoms with van der Waals surface area (Å²) in [4.78, 5) is 23.2. The van der Waals surface area contributed by atoms with E-state index in [1.165, 1.54) is 12.3 Å². The normalized spacial score (nSPS) is 14.4. The second-order valence-corrected chi connectivity index (χ2v) is 7.55. The highest BCUT2D eigenvalue weighted by atomic mass is 19.4. The number of benzene rings is 1. The molecule has 0 radical (unpaired) electrons. The average Bonchev–Trinajstić information content (AvgIpc) is 2.84. The standard InChI is InChI=1S/C22H19F3N8O/c23-22(24,25)15-3-1-2-14-16(4-5-27-19(14)15)30-18-10-17(13-11-28-20(26)29-12-13)31-21(32-18)33-6-8-34-9-7-33/h1-5,10-12H,6-9H2,(H2,26,28,29)(H,27,30,31,32). The molecule has 0 spiro atoms. The third-order valence-electron chi connectivity index (χ3n) is 5.32. The van der Waals surface area contributed by atoms with Crippen LogP contribution in [-0.4, -0.2) is 51.2 Å². The molecule has 34 heavy (non-hydrogen) atoms. The molecule has 3 N–H and O–H groups in total. The fourth-order valence-corrected chi connectivity index (χ4v) is 3.67. The Morgan fingerprint density at radius 2 is 1.76 bits per heavy atom. The number of rotatable bonds is 4. The molecule has 4 heterocycles. The molecule has 0 aliphatic carbocycles. The van der Waals surface area contributed by atoms with Crippen molar-refractivity contribution in [3.05, 3.63) is 54.5 Å². The van der Waals surface area contributed by atoms with Gasteiger partial charge in [-0.1, -0.05) is 12.1 Å². The topological polar surface area (TPSA) is 115 Å². The monoisotopic (exact) mass is 468 g/mol. The minimum atomic E-state index is -4.52. The van der Waals surface area contributed by atoms with E-state index in [9.17, 15) is 13.2 Å². The highest BCUT2D eigenvalue weighted by Gasteiger charge is 2.33. The maximum Gasteiger partial charge on any atom is 0.418 e. The van der Waals surface area contributed by atoms with Crippen molar-refractivity contribution in [2.45, 2.75) is 6.18 Å². The fraction of sp³-hybridized carbons (Fsp3) is 0.227. The van der Waals surface area contributed by atoms with Gasteiger partial charge < -0.3 is 20.7 Å². The van der Waals surface area contributed by atoms with Crippen LogP contribution in [0.25, 0.3) is 22.2 Å². The quantitative estimate of drug-likeness (QED) is 0.463. The number of nitrogens with two attached hydrogens (primary N) is 1. The van der Waals surface area contributed by atoms with Crippen LogP contribution in [-0.2, 0) is 10.9 Å². The Morgan fingerprint density at radius 1 is 1.00 bits per heavy atom. The van der Waals surface area contributed by atoms with Crippen LogP contribution in [0.2, 0.25) is 0 Å². The molecule has 1 aliphatic rings. The van der Waals surface area contributed by atoms with Crippen molar-refractivity contribution >= 4 is 34.3 Å². The van der Waals surface area contributed by atoms with Gasteiger partial charge in [0, 0.05) is 48.7 Å². The van der Waals surface area contributed by atoms with Crippen LogP contribution >= 0.6 is 0 Å². The summed E-state index contributed by atoms with van der Waals surface area (Å²) in [5, 5.41) is 3.47. The lowest BCUT2D eigenvalue weighted by Crippen LogP contribution is -2.37. The Morgan fingerprint density at radius 3 is 2.50 bits per heavy atom. The van der Waals surface area contributed by atoms with Crippen molar-refractivity contribution in [1.82, 2.24) is 24.9 Å². The highest BCUT2D eigenvalue weighted by Crippen LogP contribution is 2.36. The average molecular weight is 468 g/mol. The molecule has 0 saturated carbocycles. The third kappa shape index (κ3) is 4.39. The first-order valence-corrected chi connectivity index (χ1v) is 10.4. The molecule has 1 fully saturated rings. The Hall–Kier alpha value is -4.06. The predicted molar refractivity (Wildman–Crippen MR) is 121 cm³/mol. The molecule has 1 aromatic carbocycles. The van der Waals surface area contributed by atoms with Gasteiger partial charge in [-0.15, -0.1) is 0 Å². The Bertz CT molecular complexity index is 1320. The number of anilines is 4. The predicted octanol–water partition coefficient (Wildman–Crippen LogP) is 3.66. The van der Waals surface area contributed by atoms with Crippen molar-refractivity contribution < 1.29 is 17.9 Å². The molecule has 174 valence electrons. The van der Waals surface area contributed by atoms with Crippen LogP contribution < -0.4 is 16.0 Å². The van der Waals surface area contributed by atoms with Crippen molar-refractivity contribution in [3.8, 4) is 11.3 Å². The number of hydrogen-bond donors (Lipinski definition) is 2. The summed E-state index contributed by atoms with van der Waals surface area (Å²) in [7, 11) is 0. The fourth-order valence-electron chi connectivity index (χ4n) is 3.67. The minimum absolute atomic E-state index is 0.133. The van der Waals surface area contributed by atoms with Crippen LogP contribution in [0.1, 0.15) is 5.56 Å². The lowest BCUT2D eigenvalue weighted by Gasteiger charge is -2.27. The minimum Gasteiger partial charge on any atom is -0.378 e. The number of alkyl halides is 3. The van der Waals surface area contributed by atoms with Crippen molar-refractivity contribution in [2.24, 2.45) is 0 Å². The molecular formula is C22H19F3N8O. The number of nitrogens with one attached hydrogen (secondary N) is 1. The smallest absolute Gasteiger partial charge is 0.378 e. The van der Waals surface area contributed by atoms with Crippen molar-refractivity contribution in [1.29, 1.82) is 0 Å². The zero-order valence-electron chi connectivity index (χ0n) is 17.8. The number of ether oxygens (including phenoxy) is 1. The van der Waals surface area contributed by atoms with Gasteiger partial charge in [-0.3, -0.25) is 4.98 Å². The number of halogens is 3. The Balaban J connectivity index is 1.59. The van der Waals surface area contributed by atoms with Gasteiger partial charge in [0.15, 0.2) is 0 Å². The SMILES string of the molecule is Nc1ncc(-c2cc(Nc3ccnc4c(C(F)(F)F)cccc34)nc(N3CCOCC3)n2)cn1. The molecule has 0 bridgehead atoms. The lowest BCUT2D eigenvalue weighted by molar-refractivity contribution is -0.136. The summed E-state index contributed by atoms with van der Waals surface area (Å²) in [6, 6.07) is 7.23. The number of pyridine rings is 1. The van der Waals surface area contributed by atoms with E-state index in [0.717, 1.165) is 6.07 Å². The van der Waals surface area contributed by atoms with Crippen LogP contribution in [0.4, 0.5) is 36.6 Å². The molecule has 0 atom stereocenters. The molecule has 5 rings (SSSR count). The zero-order valence-corrected chi connectivity index (χ0v) is 17.8. The number of morpholine rings is 1. The zero-order chi connectivity index (χ0) is 23.7. The molecule has 12 heteroatoms. The van der Waals surface area contributed by atoms with Gasteiger partial charge in [-0.2, -0.15) is 18.2 Å². The van der Waals surface area contributed by atoms with Gasteiger partial charge in [0.2, 0.25) is 11.9 Å². The first-order valence-electron chi connectivity index (χ1n) is 10.4. The van der Waals surface area contributed by atoms with Crippen molar-refractivity contribution in [2.75, 3.05) is 42.3 Å². The highest BCUT2D eigenvalue weighted by molar-refractivity contribution is 5.94. The van der Waals surface area contributed by atoms with Crippen LogP contribution in [0, 0.1) is 0 Å². The van der Waals surface area contributed by atoms with Crippen LogP contribution in [0.15, 0.2) is 48.9 Å². The number of nitrogen functional groups attached to an aromatic ring is 1. The first kappa shape index (κ1) is 21.8. The maximum absolute atomic E-state index is 13.5. The van der Waals surface area contributed by atoms with Crippen molar-refractivity contribution in [3.63, 3.8) is 0 Å². The lowest BCUT2D eigenvalue weighted by atomic mass is 10.1. The number of hydrogen-bond acceptors (Lipinski definition) is 9. The molecule has 0 amide bonds. The van der Waals surface area contributed by atoms with E-state index in [-0.39, 0.29) is 11.5 Å². The van der Waals surface area contributed by atoms with E-state index in [1.807, 2.05) is 4.90 Å². The summed E-state index contributed by atoms with van der Waals surface area (Å²) in [5.41, 5.74) is 6.25. The molecule has 1 aliphatic heterocycles. The maximum atomic E-state index is 13.5. The molecular weight excluding hydrogens is 449 g/mol. The summed E-state index contributed by atoms with van der Waals surface area (Å²) < 4.78 is 45.9. The molecule has 0 unspecified atom stereocenters. The van der Waals surface area contributed by atoms with Gasteiger partial charge in [-0.25, -0.2) is 15.0 Å². The summed E-state index contributed by atoms with van der Waals surface area (Å²) in [6.45, 7) is 2.29. The van der Waals surface area contributed by atoms with E-state index in [0.29, 0.717) is 60.4 Å². The molecule has 1 saturated heterocycles. The van der Waals surface area contributed by atoms with Gasteiger partial charge in [0.1, 0.15) is 5.82 Å². The van der Waals surface area contributed by atoms with E-state index < -0.39 is 11.7 Å². The molecule has 4 aromatic rings. The van der Waals surface area contributed by atoms with E-state index in [2.05, 4.69) is 30.2 Å².